The summed E-state index contributed by atoms with van der Waals surface area (Å²) < 4.78 is 12.8. The molecule has 0 heterocycles. The van der Waals surface area contributed by atoms with Gasteiger partial charge >= 0.3 is 5.97 Å². The Morgan fingerprint density at radius 2 is 2.21 bits per heavy atom. The predicted molar refractivity (Wildman–Crippen MR) is 47.2 cm³/mol. The lowest BCUT2D eigenvalue weighted by atomic mass is 10.0. The van der Waals surface area contributed by atoms with E-state index >= 15 is 0 Å². The summed E-state index contributed by atoms with van der Waals surface area (Å²) in [6.45, 7) is 0. The van der Waals surface area contributed by atoms with Crippen LogP contribution < -0.4 is 5.73 Å². The van der Waals surface area contributed by atoms with E-state index in [1.807, 2.05) is 0 Å². The average Bonchev–Trinajstić information content (AvgIpc) is 2.08. The molecule has 0 fully saturated rings. The van der Waals surface area contributed by atoms with Crippen LogP contribution in [0.5, 0.6) is 5.75 Å². The van der Waals surface area contributed by atoms with Gasteiger partial charge in [-0.25, -0.2) is 4.39 Å². The summed E-state index contributed by atoms with van der Waals surface area (Å²) >= 11 is 0. The first-order valence-electron chi connectivity index (χ1n) is 3.96. The maximum absolute atomic E-state index is 12.8. The van der Waals surface area contributed by atoms with Crippen LogP contribution in [0.1, 0.15) is 18.0 Å². The number of halogens is 1. The van der Waals surface area contributed by atoms with Gasteiger partial charge in [-0.05, 0) is 17.7 Å². The molecular weight excluding hydrogens is 189 g/mol. The van der Waals surface area contributed by atoms with Crippen LogP contribution in [0, 0.1) is 5.82 Å². The van der Waals surface area contributed by atoms with Gasteiger partial charge in [0.25, 0.3) is 0 Å². The fourth-order valence-corrected chi connectivity index (χ4v) is 1.06. The molecule has 1 aromatic carbocycles. The largest absolute Gasteiger partial charge is 0.505 e. The Kier molecular flexibility index (Phi) is 3.03. The zero-order chi connectivity index (χ0) is 10.7. The molecule has 1 unspecified atom stereocenters. The minimum atomic E-state index is -1.05. The molecule has 0 radical (unpaired) electrons. The molecule has 0 amide bonds. The van der Waals surface area contributed by atoms with Crippen LogP contribution in [-0.2, 0) is 4.79 Å². The van der Waals surface area contributed by atoms with Crippen LogP contribution in [0.15, 0.2) is 18.2 Å². The minimum Gasteiger partial charge on any atom is -0.505 e. The standard InChI is InChI=1S/C9H10FNO3/c10-6-3-5(1-2-8(6)12)7(11)4-9(13)14/h1-3,7,12H,4,11H2,(H,13,14). The maximum Gasteiger partial charge on any atom is 0.305 e. The molecule has 0 aliphatic heterocycles. The number of aromatic hydroxyl groups is 1. The SMILES string of the molecule is NC(CC(=O)O)c1ccc(O)c(F)c1. The molecule has 0 aliphatic rings. The van der Waals surface area contributed by atoms with E-state index in [4.69, 9.17) is 15.9 Å². The van der Waals surface area contributed by atoms with Crippen molar-refractivity contribution in [3.05, 3.63) is 29.6 Å². The molecule has 14 heavy (non-hydrogen) atoms. The van der Waals surface area contributed by atoms with Crippen molar-refractivity contribution < 1.29 is 19.4 Å². The Morgan fingerprint density at radius 1 is 1.57 bits per heavy atom. The number of nitrogens with two attached hydrogens (primary N) is 1. The molecule has 76 valence electrons. The van der Waals surface area contributed by atoms with Gasteiger partial charge in [-0.1, -0.05) is 6.07 Å². The predicted octanol–water partition coefficient (Wildman–Crippen LogP) is 1.01. The van der Waals surface area contributed by atoms with E-state index in [1.54, 1.807) is 0 Å². The van der Waals surface area contributed by atoms with Gasteiger partial charge in [0.15, 0.2) is 11.6 Å². The fourth-order valence-electron chi connectivity index (χ4n) is 1.06. The zero-order valence-electron chi connectivity index (χ0n) is 7.27. The molecule has 0 aromatic heterocycles. The molecule has 0 saturated heterocycles. The van der Waals surface area contributed by atoms with E-state index in [0.717, 1.165) is 12.1 Å². The molecule has 0 bridgehead atoms. The molecule has 1 aromatic rings. The second kappa shape index (κ2) is 4.06. The lowest BCUT2D eigenvalue weighted by molar-refractivity contribution is -0.137. The number of hydrogen-bond donors (Lipinski definition) is 3. The van der Waals surface area contributed by atoms with Crippen LogP contribution >= 0.6 is 0 Å². The Labute approximate surface area is 79.8 Å². The number of carboxylic acids is 1. The number of aliphatic carboxylic acids is 1. The zero-order valence-corrected chi connectivity index (χ0v) is 7.27. The van der Waals surface area contributed by atoms with Gasteiger partial charge < -0.3 is 15.9 Å². The normalized spacial score (nSPS) is 12.4. The third-order valence-electron chi connectivity index (χ3n) is 1.79. The highest BCUT2D eigenvalue weighted by Crippen LogP contribution is 2.21. The van der Waals surface area contributed by atoms with Crippen molar-refractivity contribution in [1.29, 1.82) is 0 Å². The third kappa shape index (κ3) is 2.43. The summed E-state index contributed by atoms with van der Waals surface area (Å²) in [5.74, 6) is -2.33. The Morgan fingerprint density at radius 3 is 2.71 bits per heavy atom. The molecule has 0 spiro atoms. The summed E-state index contributed by atoms with van der Waals surface area (Å²) in [5.41, 5.74) is 5.84. The molecule has 4 N–H and O–H groups in total. The molecule has 4 nitrogen and oxygen atoms in total. The number of carbonyl (C=O) groups is 1. The second-order valence-electron chi connectivity index (χ2n) is 2.92. The molecule has 5 heteroatoms. The summed E-state index contributed by atoms with van der Waals surface area (Å²) in [7, 11) is 0. The van der Waals surface area contributed by atoms with Crippen molar-refractivity contribution in [3.63, 3.8) is 0 Å². The van der Waals surface area contributed by atoms with Crippen LogP contribution in [0.25, 0.3) is 0 Å². The highest BCUT2D eigenvalue weighted by atomic mass is 19.1. The van der Waals surface area contributed by atoms with Crippen LogP contribution in [0.4, 0.5) is 4.39 Å². The van der Waals surface area contributed by atoms with Gasteiger partial charge in [0.1, 0.15) is 0 Å². The molecular formula is C9H10FNO3. The lowest BCUT2D eigenvalue weighted by Gasteiger charge is -2.09. The summed E-state index contributed by atoms with van der Waals surface area (Å²) in [4.78, 5) is 10.3. The van der Waals surface area contributed by atoms with Crippen molar-refractivity contribution >= 4 is 5.97 Å². The third-order valence-corrected chi connectivity index (χ3v) is 1.79. The Balaban J connectivity index is 2.85. The summed E-state index contributed by atoms with van der Waals surface area (Å²) in [6.07, 6.45) is -0.274. The Bertz CT molecular complexity index is 354. The van der Waals surface area contributed by atoms with Crippen molar-refractivity contribution in [2.24, 2.45) is 5.73 Å². The van der Waals surface area contributed by atoms with E-state index in [9.17, 15) is 9.18 Å². The van der Waals surface area contributed by atoms with Crippen LogP contribution in [0.3, 0.4) is 0 Å². The topological polar surface area (TPSA) is 83.6 Å². The first-order valence-corrected chi connectivity index (χ1v) is 3.96. The number of phenols is 1. The van der Waals surface area contributed by atoms with Gasteiger partial charge in [-0.2, -0.15) is 0 Å². The van der Waals surface area contributed by atoms with E-state index in [-0.39, 0.29) is 6.42 Å². The van der Waals surface area contributed by atoms with Gasteiger partial charge in [0.2, 0.25) is 0 Å². The van der Waals surface area contributed by atoms with Crippen molar-refractivity contribution in [1.82, 2.24) is 0 Å². The molecule has 0 saturated carbocycles. The number of carboxylic acid groups (broad SMARTS) is 1. The minimum absolute atomic E-state index is 0.274. The highest BCUT2D eigenvalue weighted by Gasteiger charge is 2.12. The number of rotatable bonds is 3. The van der Waals surface area contributed by atoms with E-state index in [2.05, 4.69) is 0 Å². The average molecular weight is 199 g/mol. The van der Waals surface area contributed by atoms with Gasteiger partial charge in [-0.15, -0.1) is 0 Å². The number of hydrogen-bond acceptors (Lipinski definition) is 3. The molecule has 0 aliphatic carbocycles. The monoisotopic (exact) mass is 199 g/mol. The Hall–Kier alpha value is -1.62. The van der Waals surface area contributed by atoms with Crippen molar-refractivity contribution in [2.45, 2.75) is 12.5 Å². The first-order chi connectivity index (χ1) is 6.50. The number of phenolic OH excluding ortho intramolecular Hbond substituents is 1. The van der Waals surface area contributed by atoms with Gasteiger partial charge in [0.05, 0.1) is 6.42 Å². The lowest BCUT2D eigenvalue weighted by Crippen LogP contribution is -2.15. The summed E-state index contributed by atoms with van der Waals surface area (Å²) in [5, 5.41) is 17.3. The molecule has 1 rings (SSSR count). The maximum atomic E-state index is 12.8. The summed E-state index contributed by atoms with van der Waals surface area (Å²) in [6, 6.07) is 2.81. The van der Waals surface area contributed by atoms with Gasteiger partial charge in [0, 0.05) is 6.04 Å². The van der Waals surface area contributed by atoms with Crippen LogP contribution in [0.2, 0.25) is 0 Å². The number of benzene rings is 1. The van der Waals surface area contributed by atoms with E-state index < -0.39 is 23.6 Å². The van der Waals surface area contributed by atoms with Crippen molar-refractivity contribution in [2.75, 3.05) is 0 Å². The molecule has 1 atom stereocenters. The first kappa shape index (κ1) is 10.5. The van der Waals surface area contributed by atoms with Crippen molar-refractivity contribution in [3.8, 4) is 5.75 Å². The van der Waals surface area contributed by atoms with E-state index in [1.165, 1.54) is 6.07 Å². The highest BCUT2D eigenvalue weighted by molar-refractivity contribution is 5.67. The smallest absolute Gasteiger partial charge is 0.305 e. The van der Waals surface area contributed by atoms with Gasteiger partial charge in [-0.3, -0.25) is 4.79 Å². The fraction of sp³-hybridized carbons (Fsp3) is 0.222. The second-order valence-corrected chi connectivity index (χ2v) is 2.92. The van der Waals surface area contributed by atoms with E-state index in [0.29, 0.717) is 5.56 Å². The van der Waals surface area contributed by atoms with Crippen LogP contribution in [-0.4, -0.2) is 16.2 Å². The quantitative estimate of drug-likeness (QED) is 0.678.